The lowest BCUT2D eigenvalue weighted by atomic mass is 10.1. The van der Waals surface area contributed by atoms with Crippen molar-refractivity contribution in [3.05, 3.63) is 90.0 Å². The van der Waals surface area contributed by atoms with Crippen molar-refractivity contribution in [3.8, 4) is 22.9 Å². The number of aromatic nitrogens is 2. The molecule has 1 heterocycles. The molecule has 4 nitrogen and oxygen atoms in total. The zero-order valence-corrected chi connectivity index (χ0v) is 15.1. The molecule has 3 aromatic carbocycles. The van der Waals surface area contributed by atoms with E-state index < -0.39 is 11.7 Å². The molecule has 0 radical (unpaired) electrons. The monoisotopic (exact) mass is 395 g/mol. The van der Waals surface area contributed by atoms with E-state index in [1.807, 2.05) is 54.6 Å². The summed E-state index contributed by atoms with van der Waals surface area (Å²) < 4.78 is 44.6. The van der Waals surface area contributed by atoms with Gasteiger partial charge in [-0.3, -0.25) is 0 Å². The maximum absolute atomic E-state index is 13.0. The van der Waals surface area contributed by atoms with Gasteiger partial charge >= 0.3 is 6.18 Å². The second-order valence-corrected chi connectivity index (χ2v) is 6.38. The highest BCUT2D eigenvalue weighted by atomic mass is 19.4. The van der Waals surface area contributed by atoms with E-state index >= 15 is 0 Å². The van der Waals surface area contributed by atoms with Crippen LogP contribution in [0.3, 0.4) is 0 Å². The number of hydrogen-bond donors (Lipinski definition) is 1. The molecule has 0 atom stereocenters. The SMILES string of the molecule is FC(F)(F)c1cccc(-c2nnc(-c3ccccc3NCc3ccccc3)o2)c1. The van der Waals surface area contributed by atoms with Gasteiger partial charge in [-0.05, 0) is 35.9 Å². The average molecular weight is 395 g/mol. The molecule has 4 aromatic rings. The summed E-state index contributed by atoms with van der Waals surface area (Å²) >= 11 is 0. The third-order valence-electron chi connectivity index (χ3n) is 4.35. The smallest absolute Gasteiger partial charge is 0.416 e. The molecule has 0 unspecified atom stereocenters. The normalized spacial score (nSPS) is 11.4. The number of benzene rings is 3. The van der Waals surface area contributed by atoms with Gasteiger partial charge < -0.3 is 9.73 Å². The molecule has 0 aliphatic rings. The Hall–Kier alpha value is -3.61. The number of nitrogens with one attached hydrogen (secondary N) is 1. The number of hydrogen-bond acceptors (Lipinski definition) is 4. The minimum Gasteiger partial charge on any atom is -0.416 e. The van der Waals surface area contributed by atoms with Crippen LogP contribution in [0.5, 0.6) is 0 Å². The molecular formula is C22H16F3N3O. The second-order valence-electron chi connectivity index (χ2n) is 6.38. The standard InChI is InChI=1S/C22H16F3N3O/c23-22(24,25)17-10-6-9-16(13-17)20-27-28-21(29-20)18-11-4-5-12-19(18)26-14-15-7-2-1-3-8-15/h1-13,26H,14H2. The lowest BCUT2D eigenvalue weighted by Gasteiger charge is -2.09. The topological polar surface area (TPSA) is 51.0 Å². The number of halogens is 3. The van der Waals surface area contributed by atoms with Crippen molar-refractivity contribution >= 4 is 5.69 Å². The Bertz CT molecular complexity index is 1110. The van der Waals surface area contributed by atoms with Crippen LogP contribution in [0.15, 0.2) is 83.3 Å². The second kappa shape index (κ2) is 7.79. The highest BCUT2D eigenvalue weighted by molar-refractivity contribution is 5.73. The van der Waals surface area contributed by atoms with Crippen LogP contribution in [0, 0.1) is 0 Å². The van der Waals surface area contributed by atoms with Crippen molar-refractivity contribution in [2.45, 2.75) is 12.7 Å². The number of nitrogens with zero attached hydrogens (tertiary/aromatic N) is 2. The molecule has 29 heavy (non-hydrogen) atoms. The fourth-order valence-electron chi connectivity index (χ4n) is 2.89. The van der Waals surface area contributed by atoms with Gasteiger partial charge in [-0.2, -0.15) is 13.2 Å². The Labute approximate surface area is 165 Å². The van der Waals surface area contributed by atoms with E-state index in [2.05, 4.69) is 15.5 Å². The first-order chi connectivity index (χ1) is 14.0. The van der Waals surface area contributed by atoms with Crippen LogP contribution in [-0.2, 0) is 12.7 Å². The van der Waals surface area contributed by atoms with Crippen LogP contribution in [0.4, 0.5) is 18.9 Å². The van der Waals surface area contributed by atoms with Gasteiger partial charge in [0.25, 0.3) is 0 Å². The molecule has 0 saturated carbocycles. The molecule has 0 bridgehead atoms. The minimum absolute atomic E-state index is 0.0314. The highest BCUT2D eigenvalue weighted by Crippen LogP contribution is 2.33. The van der Waals surface area contributed by atoms with Crippen LogP contribution in [0.1, 0.15) is 11.1 Å². The largest absolute Gasteiger partial charge is 0.416 e. The first-order valence-corrected chi connectivity index (χ1v) is 8.89. The fraction of sp³-hybridized carbons (Fsp3) is 0.0909. The van der Waals surface area contributed by atoms with E-state index in [1.54, 1.807) is 0 Å². The van der Waals surface area contributed by atoms with Crippen molar-refractivity contribution in [1.82, 2.24) is 10.2 Å². The lowest BCUT2D eigenvalue weighted by Crippen LogP contribution is -2.04. The molecule has 7 heteroatoms. The number of anilines is 1. The zero-order chi connectivity index (χ0) is 20.3. The summed E-state index contributed by atoms with van der Waals surface area (Å²) in [5.74, 6) is 0.262. The summed E-state index contributed by atoms with van der Waals surface area (Å²) in [6.07, 6.45) is -4.44. The van der Waals surface area contributed by atoms with Crippen molar-refractivity contribution in [1.29, 1.82) is 0 Å². The van der Waals surface area contributed by atoms with Crippen molar-refractivity contribution in [2.24, 2.45) is 0 Å². The van der Waals surface area contributed by atoms with Gasteiger partial charge in [-0.25, -0.2) is 0 Å². The number of alkyl halides is 3. The number of para-hydroxylation sites is 1. The van der Waals surface area contributed by atoms with E-state index in [0.29, 0.717) is 12.1 Å². The third kappa shape index (κ3) is 4.29. The Morgan fingerprint density at radius 1 is 0.793 bits per heavy atom. The van der Waals surface area contributed by atoms with Crippen LogP contribution in [-0.4, -0.2) is 10.2 Å². The third-order valence-corrected chi connectivity index (χ3v) is 4.35. The molecule has 146 valence electrons. The number of rotatable bonds is 5. The van der Waals surface area contributed by atoms with Crippen LogP contribution in [0.2, 0.25) is 0 Å². The van der Waals surface area contributed by atoms with E-state index in [0.717, 1.165) is 23.4 Å². The molecule has 0 spiro atoms. The van der Waals surface area contributed by atoms with Crippen molar-refractivity contribution < 1.29 is 17.6 Å². The first kappa shape index (κ1) is 18.7. The van der Waals surface area contributed by atoms with E-state index in [4.69, 9.17) is 4.42 Å². The Balaban J connectivity index is 1.60. The molecule has 0 amide bonds. The van der Waals surface area contributed by atoms with Gasteiger partial charge in [0.15, 0.2) is 0 Å². The van der Waals surface area contributed by atoms with Gasteiger partial charge in [-0.15, -0.1) is 10.2 Å². The summed E-state index contributed by atoms with van der Waals surface area (Å²) in [6, 6.07) is 22.1. The average Bonchev–Trinajstić information content (AvgIpc) is 3.23. The molecule has 0 saturated heterocycles. The van der Waals surface area contributed by atoms with Gasteiger partial charge in [0.1, 0.15) is 0 Å². The Morgan fingerprint density at radius 3 is 2.31 bits per heavy atom. The lowest BCUT2D eigenvalue weighted by molar-refractivity contribution is -0.137. The van der Waals surface area contributed by atoms with Gasteiger partial charge in [-0.1, -0.05) is 48.5 Å². The molecule has 0 aliphatic carbocycles. The summed E-state index contributed by atoms with van der Waals surface area (Å²) in [5, 5.41) is 11.3. The zero-order valence-electron chi connectivity index (χ0n) is 15.1. The molecule has 0 aliphatic heterocycles. The van der Waals surface area contributed by atoms with Crippen LogP contribution in [0.25, 0.3) is 22.9 Å². The van der Waals surface area contributed by atoms with Crippen molar-refractivity contribution in [3.63, 3.8) is 0 Å². The van der Waals surface area contributed by atoms with E-state index in [-0.39, 0.29) is 17.3 Å². The molecule has 4 rings (SSSR count). The fourth-order valence-corrected chi connectivity index (χ4v) is 2.89. The van der Waals surface area contributed by atoms with Gasteiger partial charge in [0, 0.05) is 17.8 Å². The van der Waals surface area contributed by atoms with Gasteiger partial charge in [0.05, 0.1) is 11.1 Å². The molecule has 1 N–H and O–H groups in total. The summed E-state index contributed by atoms with van der Waals surface area (Å²) in [6.45, 7) is 0.604. The quantitative estimate of drug-likeness (QED) is 0.448. The van der Waals surface area contributed by atoms with Crippen LogP contribution >= 0.6 is 0 Å². The summed E-state index contributed by atoms with van der Waals surface area (Å²) in [5.41, 5.74) is 2.02. The van der Waals surface area contributed by atoms with Crippen LogP contribution < -0.4 is 5.32 Å². The summed E-state index contributed by atoms with van der Waals surface area (Å²) in [7, 11) is 0. The Morgan fingerprint density at radius 2 is 1.52 bits per heavy atom. The first-order valence-electron chi connectivity index (χ1n) is 8.89. The minimum atomic E-state index is -4.44. The Kier molecular flexibility index (Phi) is 5.03. The maximum Gasteiger partial charge on any atom is 0.416 e. The molecule has 0 fully saturated rings. The molecule has 1 aromatic heterocycles. The maximum atomic E-state index is 13.0. The van der Waals surface area contributed by atoms with Crippen molar-refractivity contribution in [2.75, 3.05) is 5.32 Å². The van der Waals surface area contributed by atoms with E-state index in [9.17, 15) is 13.2 Å². The summed E-state index contributed by atoms with van der Waals surface area (Å²) in [4.78, 5) is 0. The van der Waals surface area contributed by atoms with E-state index in [1.165, 1.54) is 12.1 Å². The highest BCUT2D eigenvalue weighted by Gasteiger charge is 2.30. The molecular weight excluding hydrogens is 379 g/mol. The predicted octanol–water partition coefficient (Wildman–Crippen LogP) is 6.03. The van der Waals surface area contributed by atoms with Gasteiger partial charge in [0.2, 0.25) is 11.8 Å². The predicted molar refractivity (Wildman–Crippen MR) is 104 cm³/mol.